The van der Waals surface area contributed by atoms with Gasteiger partial charge in [0.2, 0.25) is 0 Å². The lowest BCUT2D eigenvalue weighted by atomic mass is 11.4. The summed E-state index contributed by atoms with van der Waals surface area (Å²) in [6.07, 6.45) is 5.61. The molecule has 0 saturated heterocycles. The Morgan fingerprint density at radius 3 is 1.57 bits per heavy atom. The molecule has 0 rings (SSSR count). The summed E-state index contributed by atoms with van der Waals surface area (Å²) in [5.74, 6) is 0. The fraction of sp³-hybridized carbons (Fsp3) is 0.750. The predicted molar refractivity (Wildman–Crippen MR) is 34.9 cm³/mol. The lowest BCUT2D eigenvalue weighted by molar-refractivity contribution is 0.267. The molecule has 0 atom stereocenters. The summed E-state index contributed by atoms with van der Waals surface area (Å²) < 4.78 is 0. The molecule has 0 unspecified atom stereocenters. The summed E-state index contributed by atoms with van der Waals surface area (Å²) in [6.45, 7) is 0. The van der Waals surface area contributed by atoms with Gasteiger partial charge in [0.15, 0.2) is 0 Å². The normalized spacial score (nSPS) is 13.6. The Hall–Kier alpha value is -0.180. The number of rotatable bonds is 0. The first kappa shape index (κ1) is 6.82. The van der Waals surface area contributed by atoms with Gasteiger partial charge in [-0.05, 0) is 18.8 Å². The Morgan fingerprint density at radius 2 is 1.57 bits per heavy atom. The minimum atomic E-state index is -1.10. The zero-order valence-corrected chi connectivity index (χ0v) is 5.71. The SMILES string of the molecule is CS(C)(C)C(N)=O. The second kappa shape index (κ2) is 1.74. The van der Waals surface area contributed by atoms with Crippen molar-refractivity contribution in [3.8, 4) is 0 Å². The van der Waals surface area contributed by atoms with E-state index in [1.807, 2.05) is 18.8 Å². The average Bonchev–Trinajstić information content (AvgIpc) is 1.31. The van der Waals surface area contributed by atoms with Crippen LogP contribution in [-0.4, -0.2) is 24.0 Å². The molecule has 0 spiro atoms. The van der Waals surface area contributed by atoms with Crippen molar-refractivity contribution < 1.29 is 4.79 Å². The molecule has 1 amide bonds. The zero-order valence-electron chi connectivity index (χ0n) is 4.89. The molecule has 0 saturated carbocycles. The van der Waals surface area contributed by atoms with E-state index >= 15 is 0 Å². The van der Waals surface area contributed by atoms with E-state index in [0.29, 0.717) is 0 Å². The number of carbonyl (C=O) groups is 1. The van der Waals surface area contributed by atoms with Gasteiger partial charge in [0.05, 0.1) is 0 Å². The van der Waals surface area contributed by atoms with Gasteiger partial charge in [-0.15, -0.1) is 0 Å². The van der Waals surface area contributed by atoms with Gasteiger partial charge >= 0.3 is 0 Å². The van der Waals surface area contributed by atoms with Gasteiger partial charge in [-0.3, -0.25) is 4.79 Å². The summed E-state index contributed by atoms with van der Waals surface area (Å²) in [6, 6.07) is 0. The van der Waals surface area contributed by atoms with Gasteiger partial charge in [0.25, 0.3) is 5.24 Å². The molecule has 0 aliphatic rings. The molecule has 0 aromatic heterocycles. The molecule has 0 heterocycles. The summed E-state index contributed by atoms with van der Waals surface area (Å²) in [5, 5.41) is -0.174. The molecule has 44 valence electrons. The van der Waals surface area contributed by atoms with Gasteiger partial charge in [-0.25, -0.2) is 0 Å². The summed E-state index contributed by atoms with van der Waals surface area (Å²) >= 11 is 0. The highest BCUT2D eigenvalue weighted by Crippen LogP contribution is 2.33. The molecule has 3 heteroatoms. The molecule has 0 aliphatic heterocycles. The molecule has 0 aliphatic carbocycles. The molecule has 0 fully saturated rings. The third-order valence-corrected chi connectivity index (χ3v) is 1.81. The molecule has 2 nitrogen and oxygen atoms in total. The second-order valence-electron chi connectivity index (χ2n) is 2.16. The van der Waals surface area contributed by atoms with Crippen LogP contribution >= 0.6 is 10.0 Å². The second-order valence-corrected chi connectivity index (χ2v) is 6.23. The van der Waals surface area contributed by atoms with Gasteiger partial charge < -0.3 is 5.73 Å². The first-order chi connectivity index (χ1) is 2.94. The quantitative estimate of drug-likeness (QED) is 0.505. The first-order valence-electron chi connectivity index (χ1n) is 1.92. The van der Waals surface area contributed by atoms with E-state index in [0.717, 1.165) is 0 Å². The van der Waals surface area contributed by atoms with Crippen molar-refractivity contribution in [2.75, 3.05) is 18.8 Å². The number of hydrogen-bond donors (Lipinski definition) is 1. The van der Waals surface area contributed by atoms with Gasteiger partial charge in [0.1, 0.15) is 0 Å². The molecular formula is C4H11NOS. The van der Waals surface area contributed by atoms with Crippen LogP contribution in [0.3, 0.4) is 0 Å². The highest BCUT2D eigenvalue weighted by Gasteiger charge is 2.09. The van der Waals surface area contributed by atoms with Crippen LogP contribution < -0.4 is 5.73 Å². The molecule has 0 aromatic carbocycles. The molecule has 0 bridgehead atoms. The van der Waals surface area contributed by atoms with Crippen molar-refractivity contribution >= 4 is 15.3 Å². The maximum absolute atomic E-state index is 10.3. The van der Waals surface area contributed by atoms with Crippen molar-refractivity contribution in [3.05, 3.63) is 0 Å². The monoisotopic (exact) mass is 121 g/mol. The standard InChI is InChI=1S/C4H11NOS/c1-7(2,3)4(5)6/h1-3H3,(H2,5,6). The molecule has 7 heavy (non-hydrogen) atoms. The minimum Gasteiger partial charge on any atom is -0.362 e. The maximum atomic E-state index is 10.3. The van der Waals surface area contributed by atoms with Crippen LogP contribution in [0.2, 0.25) is 0 Å². The third kappa shape index (κ3) is 2.51. The average molecular weight is 121 g/mol. The Bertz CT molecular complexity index is 84.2. The third-order valence-electron chi connectivity index (χ3n) is 0.604. The van der Waals surface area contributed by atoms with Gasteiger partial charge in [0, 0.05) is 0 Å². The fourth-order valence-electron chi connectivity index (χ4n) is 0. The number of hydrogen-bond acceptors (Lipinski definition) is 1. The highest BCUT2D eigenvalue weighted by atomic mass is 32.3. The van der Waals surface area contributed by atoms with E-state index in [9.17, 15) is 4.79 Å². The number of primary amides is 1. The van der Waals surface area contributed by atoms with Crippen molar-refractivity contribution in [1.82, 2.24) is 0 Å². The molecule has 0 aromatic rings. The van der Waals surface area contributed by atoms with Crippen LogP contribution in [0.5, 0.6) is 0 Å². The lowest BCUT2D eigenvalue weighted by Gasteiger charge is -2.18. The smallest absolute Gasteiger partial charge is 0.258 e. The fourth-order valence-corrected chi connectivity index (χ4v) is 0. The van der Waals surface area contributed by atoms with E-state index in [4.69, 9.17) is 5.73 Å². The van der Waals surface area contributed by atoms with E-state index in [1.165, 1.54) is 0 Å². The Labute approximate surface area is 45.4 Å². The van der Waals surface area contributed by atoms with Crippen molar-refractivity contribution in [3.63, 3.8) is 0 Å². The van der Waals surface area contributed by atoms with E-state index in [1.54, 1.807) is 0 Å². The molecule has 0 radical (unpaired) electrons. The van der Waals surface area contributed by atoms with Crippen LogP contribution in [0.4, 0.5) is 4.79 Å². The van der Waals surface area contributed by atoms with Crippen LogP contribution in [0.1, 0.15) is 0 Å². The minimum absolute atomic E-state index is 0.174. The summed E-state index contributed by atoms with van der Waals surface area (Å²) in [5.41, 5.74) is 4.97. The van der Waals surface area contributed by atoms with E-state index in [-0.39, 0.29) is 5.24 Å². The Kier molecular flexibility index (Phi) is 1.69. The van der Waals surface area contributed by atoms with E-state index < -0.39 is 10.0 Å². The number of nitrogens with two attached hydrogens (primary N) is 1. The lowest BCUT2D eigenvalue weighted by Crippen LogP contribution is -2.15. The highest BCUT2D eigenvalue weighted by molar-refractivity contribution is 8.43. The van der Waals surface area contributed by atoms with Gasteiger partial charge in [-0.1, -0.05) is 0 Å². The van der Waals surface area contributed by atoms with Crippen LogP contribution in [0.15, 0.2) is 0 Å². The van der Waals surface area contributed by atoms with Crippen molar-refractivity contribution in [1.29, 1.82) is 0 Å². The Balaban J connectivity index is 3.79. The topological polar surface area (TPSA) is 43.1 Å². The van der Waals surface area contributed by atoms with E-state index in [2.05, 4.69) is 0 Å². The zero-order chi connectivity index (χ0) is 6.08. The van der Waals surface area contributed by atoms with Crippen molar-refractivity contribution in [2.45, 2.75) is 0 Å². The molecule has 2 N–H and O–H groups in total. The van der Waals surface area contributed by atoms with Crippen LogP contribution in [-0.2, 0) is 0 Å². The van der Waals surface area contributed by atoms with Gasteiger partial charge in [-0.2, -0.15) is 10.0 Å². The number of amides is 1. The Morgan fingerprint density at radius 1 is 1.43 bits per heavy atom. The van der Waals surface area contributed by atoms with Crippen LogP contribution in [0.25, 0.3) is 0 Å². The molecular weight excluding hydrogens is 110 g/mol. The summed E-state index contributed by atoms with van der Waals surface area (Å²) in [4.78, 5) is 10.3. The summed E-state index contributed by atoms with van der Waals surface area (Å²) in [7, 11) is -1.10. The van der Waals surface area contributed by atoms with Crippen molar-refractivity contribution in [2.24, 2.45) is 5.73 Å². The largest absolute Gasteiger partial charge is 0.362 e. The maximum Gasteiger partial charge on any atom is 0.258 e. The van der Waals surface area contributed by atoms with Crippen LogP contribution in [0, 0.1) is 0 Å². The number of carbonyl (C=O) groups excluding carboxylic acids is 1. The predicted octanol–water partition coefficient (Wildman–Crippen LogP) is 0.759. The first-order valence-corrected chi connectivity index (χ1v) is 4.78.